The molecule has 146 valence electrons. The second kappa shape index (κ2) is 6.71. The fourth-order valence-electron chi connectivity index (χ4n) is 4.47. The van der Waals surface area contributed by atoms with E-state index in [-0.39, 0.29) is 22.3 Å². The minimum atomic E-state index is -4.44. The molecule has 2 aromatic rings. The van der Waals surface area contributed by atoms with Crippen LogP contribution in [0.3, 0.4) is 0 Å². The summed E-state index contributed by atoms with van der Waals surface area (Å²) in [5.41, 5.74) is 0.290. The van der Waals surface area contributed by atoms with Crippen molar-refractivity contribution in [2.24, 2.45) is 0 Å². The maximum Gasteiger partial charge on any atom is 0.406 e. The number of halogens is 4. The van der Waals surface area contributed by atoms with Crippen LogP contribution in [-0.4, -0.2) is 46.8 Å². The number of para-hydroxylation sites is 1. The summed E-state index contributed by atoms with van der Waals surface area (Å²) in [5, 5.41) is 0.155. The molecule has 2 atom stereocenters. The van der Waals surface area contributed by atoms with Gasteiger partial charge in [0.1, 0.15) is 23.4 Å². The molecule has 2 fully saturated rings. The van der Waals surface area contributed by atoms with Crippen LogP contribution < -0.4 is 0 Å². The number of rotatable bonds is 3. The molecule has 1 aromatic heterocycles. The quantitative estimate of drug-likeness (QED) is 0.704. The van der Waals surface area contributed by atoms with Crippen molar-refractivity contribution in [3.63, 3.8) is 0 Å². The largest absolute Gasteiger partial charge is 0.459 e. The van der Waals surface area contributed by atoms with Crippen LogP contribution in [0.4, 0.5) is 13.2 Å². The molecule has 0 N–H and O–H groups in total. The van der Waals surface area contributed by atoms with E-state index in [1.807, 2.05) is 0 Å². The highest BCUT2D eigenvalue weighted by Crippen LogP contribution is 2.37. The van der Waals surface area contributed by atoms with Gasteiger partial charge in [-0.25, -0.2) is 4.79 Å². The number of aromatic nitrogens is 1. The van der Waals surface area contributed by atoms with Gasteiger partial charge < -0.3 is 14.2 Å². The van der Waals surface area contributed by atoms with Gasteiger partial charge in [0, 0.05) is 30.3 Å². The third-order valence-corrected chi connectivity index (χ3v) is 6.17. The third-order valence-electron chi connectivity index (χ3n) is 5.78. The van der Waals surface area contributed by atoms with Crippen molar-refractivity contribution in [3.05, 3.63) is 35.0 Å². The Balaban J connectivity index is 1.63. The van der Waals surface area contributed by atoms with Gasteiger partial charge >= 0.3 is 12.1 Å². The van der Waals surface area contributed by atoms with E-state index in [0.29, 0.717) is 17.5 Å². The molecule has 4 nitrogen and oxygen atoms in total. The fraction of sp³-hybridized carbons (Fsp3) is 0.526. The van der Waals surface area contributed by atoms with E-state index in [0.717, 1.165) is 30.3 Å². The number of fused-ring (bicyclic) bond motifs is 3. The summed E-state index contributed by atoms with van der Waals surface area (Å²) >= 11 is 6.22. The number of alkyl halides is 3. The Bertz CT molecular complexity index is 866. The molecule has 0 spiro atoms. The van der Waals surface area contributed by atoms with Crippen LogP contribution in [0.5, 0.6) is 0 Å². The van der Waals surface area contributed by atoms with Crippen LogP contribution in [0.15, 0.2) is 24.3 Å². The highest BCUT2D eigenvalue weighted by molar-refractivity contribution is 6.35. The van der Waals surface area contributed by atoms with Crippen LogP contribution in [-0.2, 0) is 11.3 Å². The predicted molar refractivity (Wildman–Crippen MR) is 96.0 cm³/mol. The molecule has 0 radical (unpaired) electrons. The lowest BCUT2D eigenvalue weighted by molar-refractivity contribution is -0.139. The molecule has 27 heavy (non-hydrogen) atoms. The first kappa shape index (κ1) is 18.6. The molecule has 0 saturated carbocycles. The van der Waals surface area contributed by atoms with E-state index in [1.165, 1.54) is 6.07 Å². The van der Waals surface area contributed by atoms with Crippen molar-refractivity contribution in [3.8, 4) is 0 Å². The van der Waals surface area contributed by atoms with Gasteiger partial charge in [0.25, 0.3) is 0 Å². The molecule has 2 unspecified atom stereocenters. The van der Waals surface area contributed by atoms with Gasteiger partial charge in [-0.2, -0.15) is 13.2 Å². The van der Waals surface area contributed by atoms with Crippen molar-refractivity contribution in [1.82, 2.24) is 9.47 Å². The number of hydrogen-bond donors (Lipinski definition) is 0. The number of benzene rings is 1. The molecule has 1 aromatic carbocycles. The Hall–Kier alpha value is -1.73. The van der Waals surface area contributed by atoms with Gasteiger partial charge in [0.15, 0.2) is 0 Å². The van der Waals surface area contributed by atoms with Crippen molar-refractivity contribution < 1.29 is 22.7 Å². The maximum atomic E-state index is 13.0. The normalized spacial score (nSPS) is 25.9. The molecule has 2 bridgehead atoms. The van der Waals surface area contributed by atoms with E-state index in [4.69, 9.17) is 16.3 Å². The zero-order valence-electron chi connectivity index (χ0n) is 14.8. The summed E-state index contributed by atoms with van der Waals surface area (Å²) in [6, 6.07) is 7.20. The van der Waals surface area contributed by atoms with E-state index in [9.17, 15) is 18.0 Å². The van der Waals surface area contributed by atoms with Crippen LogP contribution in [0, 0.1) is 0 Å². The van der Waals surface area contributed by atoms with Gasteiger partial charge in [-0.1, -0.05) is 29.8 Å². The highest BCUT2D eigenvalue weighted by atomic mass is 35.5. The summed E-state index contributed by atoms with van der Waals surface area (Å²) in [7, 11) is 2.09. The van der Waals surface area contributed by atoms with Crippen LogP contribution in [0.1, 0.15) is 36.0 Å². The van der Waals surface area contributed by atoms with Gasteiger partial charge in [-0.3, -0.25) is 0 Å². The van der Waals surface area contributed by atoms with Gasteiger partial charge in [-0.15, -0.1) is 0 Å². The average Bonchev–Trinajstić information content (AvgIpc) is 2.96. The Kier molecular flexibility index (Phi) is 4.63. The van der Waals surface area contributed by atoms with Crippen molar-refractivity contribution >= 4 is 28.5 Å². The van der Waals surface area contributed by atoms with Crippen LogP contribution >= 0.6 is 11.6 Å². The zero-order valence-corrected chi connectivity index (χ0v) is 15.6. The number of ether oxygens (including phenoxy) is 1. The van der Waals surface area contributed by atoms with Crippen molar-refractivity contribution in [2.45, 2.75) is 56.6 Å². The smallest absolute Gasteiger partial charge is 0.406 e. The average molecular weight is 401 g/mol. The Labute approximate surface area is 159 Å². The Morgan fingerprint density at radius 1 is 1.22 bits per heavy atom. The first-order chi connectivity index (χ1) is 12.7. The molecule has 4 rings (SSSR count). The summed E-state index contributed by atoms with van der Waals surface area (Å²) in [4.78, 5) is 15.2. The monoisotopic (exact) mass is 400 g/mol. The van der Waals surface area contributed by atoms with E-state index in [1.54, 1.807) is 18.2 Å². The molecule has 3 heterocycles. The molecule has 0 amide bonds. The third kappa shape index (κ3) is 3.43. The summed E-state index contributed by atoms with van der Waals surface area (Å²) in [5.74, 6) is -0.647. The molecule has 2 aliphatic rings. The van der Waals surface area contributed by atoms with Gasteiger partial charge in [-0.05, 0) is 26.0 Å². The molecule has 0 aliphatic carbocycles. The summed E-state index contributed by atoms with van der Waals surface area (Å²) in [6.07, 6.45) is -1.01. The zero-order chi connectivity index (χ0) is 19.3. The van der Waals surface area contributed by atoms with Gasteiger partial charge in [0.05, 0.1) is 5.52 Å². The van der Waals surface area contributed by atoms with Gasteiger partial charge in [0.2, 0.25) is 0 Å². The molecular weight excluding hydrogens is 381 g/mol. The van der Waals surface area contributed by atoms with E-state index < -0.39 is 18.7 Å². The SMILES string of the molecule is CN1C2CCC1CC(OC(=O)c1c(Cl)n(CC(F)(F)F)c3ccccc13)C2. The summed E-state index contributed by atoms with van der Waals surface area (Å²) < 4.78 is 45.5. The lowest BCUT2D eigenvalue weighted by Crippen LogP contribution is -2.43. The summed E-state index contributed by atoms with van der Waals surface area (Å²) in [6.45, 7) is -1.25. The van der Waals surface area contributed by atoms with Crippen molar-refractivity contribution in [2.75, 3.05) is 7.05 Å². The second-order valence-electron chi connectivity index (χ2n) is 7.43. The van der Waals surface area contributed by atoms with Crippen LogP contribution in [0.2, 0.25) is 5.15 Å². The minimum Gasteiger partial charge on any atom is -0.459 e. The number of nitrogens with zero attached hydrogens (tertiary/aromatic N) is 2. The number of carbonyl (C=O) groups excluding carboxylic acids is 1. The molecule has 2 aliphatic heterocycles. The van der Waals surface area contributed by atoms with Crippen molar-refractivity contribution in [1.29, 1.82) is 0 Å². The number of esters is 1. The predicted octanol–water partition coefficient (Wildman–Crippen LogP) is 4.64. The van der Waals surface area contributed by atoms with Crippen LogP contribution in [0.25, 0.3) is 10.9 Å². The number of hydrogen-bond acceptors (Lipinski definition) is 3. The fourth-order valence-corrected chi connectivity index (χ4v) is 4.80. The van der Waals surface area contributed by atoms with E-state index >= 15 is 0 Å². The lowest BCUT2D eigenvalue weighted by Gasteiger charge is -2.35. The molecule has 8 heteroatoms. The molecule has 2 saturated heterocycles. The van der Waals surface area contributed by atoms with E-state index in [2.05, 4.69) is 11.9 Å². The maximum absolute atomic E-state index is 13.0. The first-order valence-electron chi connectivity index (χ1n) is 9.01. The Morgan fingerprint density at radius 2 is 1.85 bits per heavy atom. The number of piperidine rings is 1. The standard InChI is InChI=1S/C19H20ClF3N2O2/c1-24-11-6-7-12(24)9-13(8-11)27-18(26)16-14-4-2-3-5-15(14)25(17(16)20)10-19(21,22)23/h2-5,11-13H,6-10H2,1H3. The lowest BCUT2D eigenvalue weighted by atomic mass is 10.0. The minimum absolute atomic E-state index is 0.0165. The highest BCUT2D eigenvalue weighted by Gasteiger charge is 2.40. The Morgan fingerprint density at radius 3 is 2.48 bits per heavy atom. The number of carbonyl (C=O) groups is 1. The molecular formula is C19H20ClF3N2O2. The first-order valence-corrected chi connectivity index (χ1v) is 9.39. The second-order valence-corrected chi connectivity index (χ2v) is 7.79. The topological polar surface area (TPSA) is 34.5 Å².